The van der Waals surface area contributed by atoms with Gasteiger partial charge in [0, 0.05) is 42.5 Å². The van der Waals surface area contributed by atoms with Crippen LogP contribution in [0.15, 0.2) is 66.7 Å². The zero-order chi connectivity index (χ0) is 22.6. The Morgan fingerprint density at radius 2 is 1.67 bits per heavy atom. The van der Waals surface area contributed by atoms with E-state index in [-0.39, 0.29) is 12.0 Å². The van der Waals surface area contributed by atoms with Gasteiger partial charge >= 0.3 is 0 Å². The SMILES string of the molecule is O=C(N[C@H]1C[C@@H]1c1ccccc1)C(=O)c1ccc(OCCN2CCOCC2)c2ccccc12. The zero-order valence-electron chi connectivity index (χ0n) is 18.5. The second kappa shape index (κ2) is 9.73. The van der Waals surface area contributed by atoms with E-state index >= 15 is 0 Å². The van der Waals surface area contributed by atoms with E-state index in [4.69, 9.17) is 9.47 Å². The molecule has 1 amide bonds. The Morgan fingerprint density at radius 1 is 0.939 bits per heavy atom. The predicted octanol–water partition coefficient (Wildman–Crippen LogP) is 3.41. The van der Waals surface area contributed by atoms with Gasteiger partial charge in [-0.15, -0.1) is 0 Å². The molecular formula is C27H28N2O4. The van der Waals surface area contributed by atoms with Gasteiger partial charge in [0.1, 0.15) is 12.4 Å². The Morgan fingerprint density at radius 3 is 2.45 bits per heavy atom. The van der Waals surface area contributed by atoms with E-state index < -0.39 is 11.7 Å². The first kappa shape index (κ1) is 21.6. The van der Waals surface area contributed by atoms with Crippen LogP contribution in [0.5, 0.6) is 5.75 Å². The molecule has 0 radical (unpaired) electrons. The van der Waals surface area contributed by atoms with Crippen molar-refractivity contribution in [3.63, 3.8) is 0 Å². The number of nitrogens with one attached hydrogen (secondary N) is 1. The highest BCUT2D eigenvalue weighted by Gasteiger charge is 2.40. The highest BCUT2D eigenvalue weighted by Crippen LogP contribution is 2.40. The van der Waals surface area contributed by atoms with E-state index in [1.54, 1.807) is 12.1 Å². The third-order valence-electron chi connectivity index (χ3n) is 6.44. The van der Waals surface area contributed by atoms with Gasteiger partial charge in [0.25, 0.3) is 11.7 Å². The average molecular weight is 445 g/mol. The summed E-state index contributed by atoms with van der Waals surface area (Å²) in [6.07, 6.45) is 0.861. The van der Waals surface area contributed by atoms with Crippen molar-refractivity contribution in [2.24, 2.45) is 0 Å². The molecule has 6 nitrogen and oxygen atoms in total. The van der Waals surface area contributed by atoms with Crippen molar-refractivity contribution in [3.8, 4) is 5.75 Å². The highest BCUT2D eigenvalue weighted by molar-refractivity contribution is 6.45. The molecular weight excluding hydrogens is 416 g/mol. The number of carbonyl (C=O) groups excluding carboxylic acids is 2. The molecule has 3 aromatic carbocycles. The molecule has 2 aliphatic rings. The second-order valence-electron chi connectivity index (χ2n) is 8.62. The third-order valence-corrected chi connectivity index (χ3v) is 6.44. The van der Waals surface area contributed by atoms with E-state index in [1.807, 2.05) is 42.5 Å². The minimum absolute atomic E-state index is 0.0120. The first-order valence-corrected chi connectivity index (χ1v) is 11.6. The van der Waals surface area contributed by atoms with Crippen molar-refractivity contribution in [3.05, 3.63) is 77.9 Å². The molecule has 2 atom stereocenters. The van der Waals surface area contributed by atoms with Crippen LogP contribution in [0.25, 0.3) is 10.8 Å². The molecule has 170 valence electrons. The predicted molar refractivity (Wildman–Crippen MR) is 127 cm³/mol. The molecule has 0 bridgehead atoms. The number of ketones is 1. The standard InChI is InChI=1S/C27H28N2O4/c30-26(27(31)28-24-18-23(24)19-6-2-1-3-7-19)22-10-11-25(21-9-5-4-8-20(21)22)33-17-14-29-12-15-32-16-13-29/h1-11,23-24H,12-18H2,(H,28,31)/t23-,24+/m1/s1. The first-order chi connectivity index (χ1) is 16.2. The van der Waals surface area contributed by atoms with Crippen LogP contribution < -0.4 is 10.1 Å². The van der Waals surface area contributed by atoms with Gasteiger partial charge in [-0.05, 0) is 29.5 Å². The number of rotatable bonds is 8. The van der Waals surface area contributed by atoms with E-state index in [0.29, 0.717) is 12.2 Å². The Balaban J connectivity index is 1.25. The van der Waals surface area contributed by atoms with Crippen LogP contribution in [-0.2, 0) is 9.53 Å². The van der Waals surface area contributed by atoms with Crippen LogP contribution in [0.3, 0.4) is 0 Å². The van der Waals surface area contributed by atoms with Gasteiger partial charge in [0.05, 0.1) is 13.2 Å². The zero-order valence-corrected chi connectivity index (χ0v) is 18.5. The number of morpholine rings is 1. The van der Waals surface area contributed by atoms with Crippen LogP contribution in [0.4, 0.5) is 0 Å². The fourth-order valence-electron chi connectivity index (χ4n) is 4.48. The van der Waals surface area contributed by atoms with E-state index in [9.17, 15) is 9.59 Å². The molecule has 1 aliphatic carbocycles. The summed E-state index contributed by atoms with van der Waals surface area (Å²) in [5, 5.41) is 4.49. The number of amides is 1. The summed E-state index contributed by atoms with van der Waals surface area (Å²) in [7, 11) is 0. The number of fused-ring (bicyclic) bond motifs is 1. The summed E-state index contributed by atoms with van der Waals surface area (Å²) in [6, 6.07) is 21.2. The molecule has 1 aliphatic heterocycles. The lowest BCUT2D eigenvalue weighted by molar-refractivity contribution is -0.117. The molecule has 0 unspecified atom stereocenters. The van der Waals surface area contributed by atoms with Crippen LogP contribution in [0.2, 0.25) is 0 Å². The molecule has 0 spiro atoms. The minimum atomic E-state index is -0.551. The fraction of sp³-hybridized carbons (Fsp3) is 0.333. The minimum Gasteiger partial charge on any atom is -0.492 e. The maximum Gasteiger partial charge on any atom is 0.292 e. The van der Waals surface area contributed by atoms with Crippen molar-refractivity contribution in [2.45, 2.75) is 18.4 Å². The molecule has 6 heteroatoms. The monoisotopic (exact) mass is 444 g/mol. The van der Waals surface area contributed by atoms with Crippen molar-refractivity contribution in [2.75, 3.05) is 39.5 Å². The summed E-state index contributed by atoms with van der Waals surface area (Å²) < 4.78 is 11.4. The van der Waals surface area contributed by atoms with Gasteiger partial charge in [0.15, 0.2) is 0 Å². The first-order valence-electron chi connectivity index (χ1n) is 11.6. The quantitative estimate of drug-likeness (QED) is 0.426. The number of ether oxygens (including phenoxy) is 2. The van der Waals surface area contributed by atoms with Gasteiger partial charge in [-0.25, -0.2) is 0 Å². The Kier molecular flexibility index (Phi) is 6.37. The molecule has 2 fully saturated rings. The fourth-order valence-corrected chi connectivity index (χ4v) is 4.48. The normalized spacial score (nSPS) is 20.4. The smallest absolute Gasteiger partial charge is 0.292 e. The van der Waals surface area contributed by atoms with Crippen LogP contribution in [-0.4, -0.2) is 62.1 Å². The van der Waals surface area contributed by atoms with Gasteiger partial charge < -0.3 is 14.8 Å². The van der Waals surface area contributed by atoms with Crippen molar-refractivity contribution >= 4 is 22.5 Å². The molecule has 1 heterocycles. The summed E-state index contributed by atoms with van der Waals surface area (Å²) in [6.45, 7) is 4.73. The second-order valence-corrected chi connectivity index (χ2v) is 8.62. The van der Waals surface area contributed by atoms with Crippen molar-refractivity contribution in [1.29, 1.82) is 0 Å². The van der Waals surface area contributed by atoms with E-state index in [1.165, 1.54) is 5.56 Å². The molecule has 1 saturated heterocycles. The molecule has 3 aromatic rings. The number of carbonyl (C=O) groups is 2. The lowest BCUT2D eigenvalue weighted by Gasteiger charge is -2.26. The lowest BCUT2D eigenvalue weighted by Crippen LogP contribution is -2.38. The van der Waals surface area contributed by atoms with E-state index in [2.05, 4.69) is 22.3 Å². The van der Waals surface area contributed by atoms with Crippen LogP contribution in [0, 0.1) is 0 Å². The van der Waals surface area contributed by atoms with Gasteiger partial charge in [0.2, 0.25) is 0 Å². The lowest BCUT2D eigenvalue weighted by atomic mass is 10.00. The number of nitrogens with zero attached hydrogens (tertiary/aromatic N) is 1. The number of Topliss-reactive ketones (excluding diaryl/α,β-unsaturated/α-hetero) is 1. The third kappa shape index (κ3) is 4.92. The molecule has 33 heavy (non-hydrogen) atoms. The van der Waals surface area contributed by atoms with Crippen molar-refractivity contribution < 1.29 is 19.1 Å². The molecule has 1 N–H and O–H groups in total. The highest BCUT2D eigenvalue weighted by atomic mass is 16.5. The van der Waals surface area contributed by atoms with Crippen LogP contribution in [0.1, 0.15) is 28.3 Å². The summed E-state index contributed by atoms with van der Waals surface area (Å²) >= 11 is 0. The van der Waals surface area contributed by atoms with Gasteiger partial charge in [-0.3, -0.25) is 14.5 Å². The average Bonchev–Trinajstić information content (AvgIpc) is 3.64. The summed E-state index contributed by atoms with van der Waals surface area (Å²) in [5.74, 6) is -0.0570. The van der Waals surface area contributed by atoms with E-state index in [0.717, 1.165) is 55.8 Å². The Labute approximate surface area is 193 Å². The number of hydrogen-bond acceptors (Lipinski definition) is 5. The number of hydrogen-bond donors (Lipinski definition) is 1. The summed E-state index contributed by atoms with van der Waals surface area (Å²) in [5.41, 5.74) is 1.60. The Bertz CT molecular complexity index is 1140. The topological polar surface area (TPSA) is 67.9 Å². The van der Waals surface area contributed by atoms with Crippen molar-refractivity contribution in [1.82, 2.24) is 10.2 Å². The molecule has 1 saturated carbocycles. The summed E-state index contributed by atoms with van der Waals surface area (Å²) in [4.78, 5) is 28.1. The van der Waals surface area contributed by atoms with Gasteiger partial charge in [-0.1, -0.05) is 54.6 Å². The Hall–Kier alpha value is -3.22. The number of benzene rings is 3. The maximum absolute atomic E-state index is 13.0. The molecule has 0 aromatic heterocycles. The van der Waals surface area contributed by atoms with Crippen LogP contribution >= 0.6 is 0 Å². The molecule has 5 rings (SSSR count). The maximum atomic E-state index is 13.0. The van der Waals surface area contributed by atoms with Gasteiger partial charge in [-0.2, -0.15) is 0 Å². The largest absolute Gasteiger partial charge is 0.492 e.